The molecule has 3 rings (SSSR count). The lowest BCUT2D eigenvalue weighted by atomic mass is 10.00. The maximum absolute atomic E-state index is 12.8. The number of nitrogens with zero attached hydrogens (tertiary/aromatic N) is 1. The Balaban J connectivity index is 1.99. The standard InChI is InChI=1S/C19H19ClN2O3/c1-10(2)17(19(24)25)22-9-12-4-3-11(7-15(12)18(22)23)14-6-5-13(21)8-16(14)20/h3-8,10,17H,9,21H2,1-2H3,(H,24,25). The van der Waals surface area contributed by atoms with Gasteiger partial charge >= 0.3 is 5.97 Å². The van der Waals surface area contributed by atoms with E-state index in [4.69, 9.17) is 17.3 Å². The van der Waals surface area contributed by atoms with Crippen molar-refractivity contribution < 1.29 is 14.7 Å². The number of carbonyl (C=O) groups excluding carboxylic acids is 1. The minimum atomic E-state index is -0.988. The number of hydrogen-bond acceptors (Lipinski definition) is 3. The Bertz CT molecular complexity index is 864. The summed E-state index contributed by atoms with van der Waals surface area (Å²) in [6.07, 6.45) is 0. The highest BCUT2D eigenvalue weighted by molar-refractivity contribution is 6.33. The fraction of sp³-hybridized carbons (Fsp3) is 0.263. The van der Waals surface area contributed by atoms with E-state index in [1.165, 1.54) is 4.90 Å². The second-order valence-corrected chi connectivity index (χ2v) is 6.98. The maximum Gasteiger partial charge on any atom is 0.326 e. The lowest BCUT2D eigenvalue weighted by molar-refractivity contribution is -0.144. The molecule has 0 saturated heterocycles. The van der Waals surface area contributed by atoms with Gasteiger partial charge in [-0.3, -0.25) is 4.79 Å². The molecule has 1 aliphatic heterocycles. The molecule has 0 saturated carbocycles. The summed E-state index contributed by atoms with van der Waals surface area (Å²) in [5, 5.41) is 9.98. The first kappa shape index (κ1) is 17.3. The van der Waals surface area contributed by atoms with E-state index in [0.29, 0.717) is 22.8 Å². The van der Waals surface area contributed by atoms with E-state index in [-0.39, 0.29) is 11.8 Å². The monoisotopic (exact) mass is 358 g/mol. The molecular formula is C19H19ClN2O3. The molecule has 1 amide bonds. The normalized spacial score (nSPS) is 14.7. The number of nitrogens with two attached hydrogens (primary N) is 1. The molecule has 5 nitrogen and oxygen atoms in total. The third-order valence-electron chi connectivity index (χ3n) is 4.47. The molecule has 25 heavy (non-hydrogen) atoms. The Labute approximate surface area is 151 Å². The van der Waals surface area contributed by atoms with E-state index < -0.39 is 12.0 Å². The number of anilines is 1. The van der Waals surface area contributed by atoms with Gasteiger partial charge in [0.25, 0.3) is 5.91 Å². The molecule has 1 heterocycles. The maximum atomic E-state index is 12.8. The third-order valence-corrected chi connectivity index (χ3v) is 4.78. The molecule has 1 unspecified atom stereocenters. The number of halogens is 1. The number of carbonyl (C=O) groups is 2. The second kappa shape index (κ2) is 6.41. The van der Waals surface area contributed by atoms with Crippen LogP contribution in [0.25, 0.3) is 11.1 Å². The molecule has 2 aromatic carbocycles. The average molecular weight is 359 g/mol. The number of fused-ring (bicyclic) bond motifs is 1. The van der Waals surface area contributed by atoms with Gasteiger partial charge < -0.3 is 15.7 Å². The zero-order valence-electron chi connectivity index (χ0n) is 14.0. The number of carboxylic acids is 1. The molecule has 0 bridgehead atoms. The lowest BCUT2D eigenvalue weighted by Crippen LogP contribution is -2.44. The zero-order valence-corrected chi connectivity index (χ0v) is 14.7. The fourth-order valence-corrected chi connectivity index (χ4v) is 3.56. The van der Waals surface area contributed by atoms with Crippen LogP contribution in [0.3, 0.4) is 0 Å². The van der Waals surface area contributed by atoms with Gasteiger partial charge in [0.15, 0.2) is 0 Å². The van der Waals surface area contributed by atoms with Crippen molar-refractivity contribution in [2.45, 2.75) is 26.4 Å². The van der Waals surface area contributed by atoms with Crippen LogP contribution in [0.15, 0.2) is 36.4 Å². The topological polar surface area (TPSA) is 83.6 Å². The number of amides is 1. The van der Waals surface area contributed by atoms with Crippen LogP contribution in [0, 0.1) is 5.92 Å². The van der Waals surface area contributed by atoms with Crippen molar-refractivity contribution in [3.05, 3.63) is 52.5 Å². The first-order valence-electron chi connectivity index (χ1n) is 8.01. The molecule has 130 valence electrons. The minimum absolute atomic E-state index is 0.179. The quantitative estimate of drug-likeness (QED) is 0.817. The van der Waals surface area contributed by atoms with E-state index in [1.54, 1.807) is 32.0 Å². The van der Waals surface area contributed by atoms with Crippen molar-refractivity contribution in [3.63, 3.8) is 0 Å². The second-order valence-electron chi connectivity index (χ2n) is 6.57. The van der Waals surface area contributed by atoms with E-state index in [2.05, 4.69) is 0 Å². The van der Waals surface area contributed by atoms with Gasteiger partial charge in [0, 0.05) is 23.4 Å². The van der Waals surface area contributed by atoms with Gasteiger partial charge in [-0.2, -0.15) is 0 Å². The van der Waals surface area contributed by atoms with Crippen LogP contribution < -0.4 is 5.73 Å². The Morgan fingerprint density at radius 2 is 1.92 bits per heavy atom. The lowest BCUT2D eigenvalue weighted by Gasteiger charge is -2.27. The van der Waals surface area contributed by atoms with Gasteiger partial charge in [-0.05, 0) is 35.2 Å². The van der Waals surface area contributed by atoms with Crippen molar-refractivity contribution in [1.29, 1.82) is 0 Å². The third kappa shape index (κ3) is 3.07. The van der Waals surface area contributed by atoms with Crippen LogP contribution in [-0.2, 0) is 11.3 Å². The molecule has 0 spiro atoms. The van der Waals surface area contributed by atoms with Gasteiger partial charge in [-0.15, -0.1) is 0 Å². The van der Waals surface area contributed by atoms with E-state index in [9.17, 15) is 14.7 Å². The number of carboxylic acid groups (broad SMARTS) is 1. The van der Waals surface area contributed by atoms with Gasteiger partial charge in [-0.1, -0.05) is 43.6 Å². The molecule has 1 atom stereocenters. The predicted molar refractivity (Wildman–Crippen MR) is 97.4 cm³/mol. The highest BCUT2D eigenvalue weighted by Gasteiger charge is 2.38. The number of nitrogen functional groups attached to an aromatic ring is 1. The average Bonchev–Trinajstić information content (AvgIpc) is 2.83. The summed E-state index contributed by atoms with van der Waals surface area (Å²) >= 11 is 6.26. The molecule has 2 aromatic rings. The molecule has 6 heteroatoms. The smallest absolute Gasteiger partial charge is 0.326 e. The molecule has 0 aliphatic carbocycles. The number of benzene rings is 2. The first-order valence-corrected chi connectivity index (χ1v) is 8.39. The van der Waals surface area contributed by atoms with E-state index in [0.717, 1.165) is 16.7 Å². The Kier molecular flexibility index (Phi) is 4.43. The van der Waals surface area contributed by atoms with E-state index >= 15 is 0 Å². The highest BCUT2D eigenvalue weighted by atomic mass is 35.5. The number of rotatable bonds is 4. The minimum Gasteiger partial charge on any atom is -0.480 e. The van der Waals surface area contributed by atoms with Crippen LogP contribution in [0.4, 0.5) is 5.69 Å². The molecule has 0 aromatic heterocycles. The van der Waals surface area contributed by atoms with Crippen LogP contribution in [0.1, 0.15) is 29.8 Å². The number of hydrogen-bond donors (Lipinski definition) is 2. The van der Waals surface area contributed by atoms with Crippen molar-refractivity contribution in [1.82, 2.24) is 4.90 Å². The van der Waals surface area contributed by atoms with Crippen LogP contribution in [-0.4, -0.2) is 27.9 Å². The van der Waals surface area contributed by atoms with Crippen LogP contribution in [0.5, 0.6) is 0 Å². The fourth-order valence-electron chi connectivity index (χ4n) is 3.26. The molecule has 1 aliphatic rings. The Morgan fingerprint density at radius 1 is 1.20 bits per heavy atom. The zero-order chi connectivity index (χ0) is 18.3. The van der Waals surface area contributed by atoms with Crippen molar-refractivity contribution in [2.75, 3.05) is 5.73 Å². The molecule has 3 N–H and O–H groups in total. The van der Waals surface area contributed by atoms with Crippen molar-refractivity contribution in [3.8, 4) is 11.1 Å². The largest absolute Gasteiger partial charge is 0.480 e. The summed E-state index contributed by atoms with van der Waals surface area (Å²) < 4.78 is 0. The van der Waals surface area contributed by atoms with Gasteiger partial charge in [0.2, 0.25) is 0 Å². The Morgan fingerprint density at radius 3 is 2.52 bits per heavy atom. The summed E-state index contributed by atoms with van der Waals surface area (Å²) in [6.45, 7) is 3.91. The van der Waals surface area contributed by atoms with Crippen molar-refractivity contribution in [2.24, 2.45) is 5.92 Å². The summed E-state index contributed by atoms with van der Waals surface area (Å²) in [6, 6.07) is 9.90. The molecule has 0 radical (unpaired) electrons. The van der Waals surface area contributed by atoms with Gasteiger partial charge in [0.1, 0.15) is 6.04 Å². The summed E-state index contributed by atoms with van der Waals surface area (Å²) in [5.74, 6) is -1.43. The van der Waals surface area contributed by atoms with Gasteiger partial charge in [-0.25, -0.2) is 4.79 Å². The first-order chi connectivity index (χ1) is 11.8. The van der Waals surface area contributed by atoms with Crippen LogP contribution in [0.2, 0.25) is 5.02 Å². The van der Waals surface area contributed by atoms with Crippen molar-refractivity contribution >= 4 is 29.2 Å². The summed E-state index contributed by atoms with van der Waals surface area (Å²) in [4.78, 5) is 25.8. The highest BCUT2D eigenvalue weighted by Crippen LogP contribution is 2.34. The predicted octanol–water partition coefficient (Wildman–Crippen LogP) is 3.65. The van der Waals surface area contributed by atoms with Crippen LogP contribution >= 0.6 is 11.6 Å². The SMILES string of the molecule is CC(C)C(C(=O)O)N1Cc2ccc(-c3ccc(N)cc3Cl)cc2C1=O. The summed E-state index contributed by atoms with van der Waals surface area (Å²) in [5.41, 5.74) is 9.23. The van der Waals surface area contributed by atoms with Gasteiger partial charge in [0.05, 0.1) is 5.02 Å². The summed E-state index contributed by atoms with van der Waals surface area (Å²) in [7, 11) is 0. The molecular weight excluding hydrogens is 340 g/mol. The molecule has 0 fully saturated rings. The van der Waals surface area contributed by atoms with E-state index in [1.807, 2.05) is 18.2 Å². The number of aliphatic carboxylic acids is 1. The Hall–Kier alpha value is -2.53.